The lowest BCUT2D eigenvalue weighted by Crippen LogP contribution is -2.38. The number of nitrogens with one attached hydrogen (secondary N) is 1. The first kappa shape index (κ1) is 18.4. The topological polar surface area (TPSA) is 21.3 Å². The molecule has 2 nitrogen and oxygen atoms in total. The maximum absolute atomic E-state index is 13.0. The van der Waals surface area contributed by atoms with Crippen molar-refractivity contribution in [2.75, 3.05) is 19.7 Å². The summed E-state index contributed by atoms with van der Waals surface area (Å²) < 4.78 is 18.8. The van der Waals surface area contributed by atoms with Gasteiger partial charge in [0.05, 0.1) is 5.60 Å². The second kappa shape index (κ2) is 7.76. The fourth-order valence-corrected chi connectivity index (χ4v) is 3.51. The van der Waals surface area contributed by atoms with Crippen LogP contribution in [-0.4, -0.2) is 25.3 Å². The molecule has 0 unspecified atom stereocenters. The number of halogens is 1. The minimum absolute atomic E-state index is 0.0342. The molecule has 1 heterocycles. The van der Waals surface area contributed by atoms with E-state index in [0.29, 0.717) is 0 Å². The van der Waals surface area contributed by atoms with Gasteiger partial charge in [-0.25, -0.2) is 4.39 Å². The lowest BCUT2D eigenvalue weighted by Gasteiger charge is -2.35. The molecule has 1 aromatic rings. The van der Waals surface area contributed by atoms with Crippen LogP contribution in [0.15, 0.2) is 24.3 Å². The smallest absolute Gasteiger partial charge is 0.123 e. The Morgan fingerprint density at radius 1 is 1.26 bits per heavy atom. The third kappa shape index (κ3) is 6.60. The highest BCUT2D eigenvalue weighted by molar-refractivity contribution is 5.17. The lowest BCUT2D eigenvalue weighted by molar-refractivity contribution is -0.0718. The highest BCUT2D eigenvalue weighted by Crippen LogP contribution is 2.28. The fraction of sp³-hybridized carbons (Fsp3) is 0.700. The summed E-state index contributed by atoms with van der Waals surface area (Å²) in [6.07, 6.45) is 4.41. The molecule has 23 heavy (non-hydrogen) atoms. The molecule has 1 aliphatic heterocycles. The van der Waals surface area contributed by atoms with Gasteiger partial charge in [-0.15, -0.1) is 0 Å². The summed E-state index contributed by atoms with van der Waals surface area (Å²) in [6.45, 7) is 11.9. The van der Waals surface area contributed by atoms with Crippen LogP contribution >= 0.6 is 0 Å². The predicted octanol–water partition coefficient (Wildman–Crippen LogP) is 4.58. The molecule has 1 aliphatic rings. The van der Waals surface area contributed by atoms with E-state index in [1.807, 2.05) is 12.1 Å². The van der Waals surface area contributed by atoms with Crippen molar-refractivity contribution < 1.29 is 9.13 Å². The van der Waals surface area contributed by atoms with Gasteiger partial charge in [0, 0.05) is 6.61 Å². The van der Waals surface area contributed by atoms with Gasteiger partial charge >= 0.3 is 0 Å². The van der Waals surface area contributed by atoms with E-state index in [2.05, 4.69) is 33.0 Å². The van der Waals surface area contributed by atoms with Crippen LogP contribution in [0.3, 0.4) is 0 Å². The quantitative estimate of drug-likeness (QED) is 0.742. The predicted molar refractivity (Wildman–Crippen MR) is 94.1 cm³/mol. The van der Waals surface area contributed by atoms with Crippen LogP contribution in [-0.2, 0) is 11.2 Å². The molecule has 1 N–H and O–H groups in total. The highest BCUT2D eigenvalue weighted by Gasteiger charge is 2.28. The molecule has 0 aliphatic carbocycles. The number of rotatable bonds is 7. The van der Waals surface area contributed by atoms with Crippen molar-refractivity contribution >= 4 is 0 Å². The van der Waals surface area contributed by atoms with Crippen molar-refractivity contribution in [2.24, 2.45) is 11.3 Å². The molecule has 0 aromatic heterocycles. The van der Waals surface area contributed by atoms with E-state index < -0.39 is 0 Å². The van der Waals surface area contributed by atoms with Crippen molar-refractivity contribution in [1.29, 1.82) is 0 Å². The Bertz CT molecular complexity index is 481. The van der Waals surface area contributed by atoms with Gasteiger partial charge in [-0.3, -0.25) is 0 Å². The molecular weight excluding hydrogens is 289 g/mol. The fourth-order valence-electron chi connectivity index (χ4n) is 3.51. The van der Waals surface area contributed by atoms with Gasteiger partial charge in [0.1, 0.15) is 5.82 Å². The Labute approximate surface area is 140 Å². The van der Waals surface area contributed by atoms with Crippen LogP contribution in [0.1, 0.15) is 52.5 Å². The van der Waals surface area contributed by atoms with Crippen LogP contribution in [0.5, 0.6) is 0 Å². The third-order valence-corrected chi connectivity index (χ3v) is 4.81. The monoisotopic (exact) mass is 321 g/mol. The van der Waals surface area contributed by atoms with E-state index in [0.717, 1.165) is 51.3 Å². The van der Waals surface area contributed by atoms with Crippen molar-refractivity contribution in [3.63, 3.8) is 0 Å². The largest absolute Gasteiger partial charge is 0.376 e. The molecule has 0 saturated carbocycles. The van der Waals surface area contributed by atoms with Gasteiger partial charge < -0.3 is 10.1 Å². The van der Waals surface area contributed by atoms with Crippen LogP contribution in [0.2, 0.25) is 0 Å². The van der Waals surface area contributed by atoms with E-state index in [1.54, 1.807) is 12.1 Å². The molecule has 0 amide bonds. The molecule has 1 aromatic carbocycles. The number of ether oxygens (including phenoxy) is 1. The van der Waals surface area contributed by atoms with Crippen LogP contribution in [0.4, 0.5) is 4.39 Å². The number of benzene rings is 1. The summed E-state index contributed by atoms with van der Waals surface area (Å²) in [6, 6.07) is 6.90. The average Bonchev–Trinajstić information content (AvgIpc) is 2.45. The zero-order valence-corrected chi connectivity index (χ0v) is 15.1. The Morgan fingerprint density at radius 3 is 2.61 bits per heavy atom. The zero-order chi connectivity index (χ0) is 16.9. The van der Waals surface area contributed by atoms with Gasteiger partial charge in [-0.05, 0) is 81.6 Å². The minimum atomic E-state index is -0.160. The van der Waals surface area contributed by atoms with E-state index in [1.165, 1.54) is 5.56 Å². The maximum atomic E-state index is 13.0. The Kier molecular flexibility index (Phi) is 6.21. The van der Waals surface area contributed by atoms with E-state index in [-0.39, 0.29) is 16.8 Å². The first-order chi connectivity index (χ1) is 10.8. The summed E-state index contributed by atoms with van der Waals surface area (Å²) in [4.78, 5) is 0. The average molecular weight is 321 g/mol. The maximum Gasteiger partial charge on any atom is 0.123 e. The second-order valence-corrected chi connectivity index (χ2v) is 8.39. The van der Waals surface area contributed by atoms with E-state index in [4.69, 9.17) is 4.74 Å². The van der Waals surface area contributed by atoms with Crippen molar-refractivity contribution in [3.8, 4) is 0 Å². The molecule has 1 saturated heterocycles. The Balaban J connectivity index is 1.69. The highest BCUT2D eigenvalue weighted by atomic mass is 19.1. The van der Waals surface area contributed by atoms with Crippen molar-refractivity contribution in [2.45, 2.75) is 59.0 Å². The summed E-state index contributed by atoms with van der Waals surface area (Å²) in [5.41, 5.74) is 1.47. The molecule has 130 valence electrons. The normalized spacial score (nSPS) is 21.3. The molecule has 1 atom stereocenters. The molecule has 0 radical (unpaired) electrons. The summed E-state index contributed by atoms with van der Waals surface area (Å²) in [5.74, 6) is 0.562. The first-order valence-corrected chi connectivity index (χ1v) is 8.85. The minimum Gasteiger partial charge on any atom is -0.376 e. The van der Waals surface area contributed by atoms with E-state index in [9.17, 15) is 4.39 Å². The van der Waals surface area contributed by atoms with Gasteiger partial charge in [-0.1, -0.05) is 26.0 Å². The molecule has 3 heteroatoms. The lowest BCUT2D eigenvalue weighted by atomic mass is 9.82. The van der Waals surface area contributed by atoms with Crippen LogP contribution in [0, 0.1) is 17.2 Å². The Morgan fingerprint density at radius 2 is 1.96 bits per heavy atom. The second-order valence-electron chi connectivity index (χ2n) is 8.39. The van der Waals surface area contributed by atoms with Crippen LogP contribution in [0.25, 0.3) is 0 Å². The molecule has 2 rings (SSSR count). The molecule has 0 spiro atoms. The number of hydrogen-bond donors (Lipinski definition) is 1. The zero-order valence-electron chi connectivity index (χ0n) is 15.1. The SMILES string of the molecule is CC(C)(CCNC[C@H]1CCOC(C)(C)C1)Cc1ccc(F)cc1. The molecular formula is C20H32FNO. The van der Waals surface area contributed by atoms with Gasteiger partial charge in [0.2, 0.25) is 0 Å². The van der Waals surface area contributed by atoms with Gasteiger partial charge in [0.25, 0.3) is 0 Å². The standard InChI is InChI=1S/C20H32FNO/c1-19(2,13-16-5-7-18(21)8-6-16)10-11-22-15-17-9-12-23-20(3,4)14-17/h5-8,17,22H,9-15H2,1-4H3/t17-/m0/s1. The van der Waals surface area contributed by atoms with Gasteiger partial charge in [-0.2, -0.15) is 0 Å². The van der Waals surface area contributed by atoms with E-state index >= 15 is 0 Å². The summed E-state index contributed by atoms with van der Waals surface area (Å²) >= 11 is 0. The van der Waals surface area contributed by atoms with Gasteiger partial charge in [0.15, 0.2) is 0 Å². The summed E-state index contributed by atoms with van der Waals surface area (Å²) in [5, 5.41) is 3.63. The Hall–Kier alpha value is -0.930. The van der Waals surface area contributed by atoms with Crippen molar-refractivity contribution in [3.05, 3.63) is 35.6 Å². The molecule has 0 bridgehead atoms. The van der Waals surface area contributed by atoms with Crippen LogP contribution < -0.4 is 5.32 Å². The third-order valence-electron chi connectivity index (χ3n) is 4.81. The summed E-state index contributed by atoms with van der Waals surface area (Å²) in [7, 11) is 0. The first-order valence-electron chi connectivity index (χ1n) is 8.85. The van der Waals surface area contributed by atoms with Crippen molar-refractivity contribution in [1.82, 2.24) is 5.32 Å². The number of hydrogen-bond acceptors (Lipinski definition) is 2. The molecule has 1 fully saturated rings.